The number of carbonyl (C=O) groups is 1. The van der Waals surface area contributed by atoms with Gasteiger partial charge in [-0.1, -0.05) is 6.07 Å². The van der Waals surface area contributed by atoms with E-state index >= 15 is 0 Å². The maximum absolute atomic E-state index is 13.9. The molecule has 2 aromatic carbocycles. The van der Waals surface area contributed by atoms with Crippen LogP contribution in [0.15, 0.2) is 36.4 Å². The van der Waals surface area contributed by atoms with Gasteiger partial charge in [0.2, 0.25) is 0 Å². The van der Waals surface area contributed by atoms with Crippen LogP contribution in [0.25, 0.3) is 22.0 Å². The van der Waals surface area contributed by atoms with E-state index in [1.54, 1.807) is 13.1 Å². The zero-order valence-electron chi connectivity index (χ0n) is 17.4. The maximum atomic E-state index is 13.9. The average Bonchev–Trinajstić information content (AvgIpc) is 3.02. The van der Waals surface area contributed by atoms with Crippen LogP contribution in [0.4, 0.5) is 9.18 Å². The van der Waals surface area contributed by atoms with Crippen molar-refractivity contribution in [2.45, 2.75) is 33.3 Å². The number of nitrogens with one attached hydrogen (secondary N) is 1. The Morgan fingerprint density at radius 3 is 2.69 bits per heavy atom. The number of rotatable bonds is 5. The number of carbonyl (C=O) groups excluding carboxylic acids is 1. The van der Waals surface area contributed by atoms with E-state index in [4.69, 9.17) is 9.47 Å². The summed E-state index contributed by atoms with van der Waals surface area (Å²) < 4.78 is 25.1. The van der Waals surface area contributed by atoms with Crippen LogP contribution in [0.3, 0.4) is 0 Å². The molecule has 0 aliphatic carbocycles. The Morgan fingerprint density at radius 1 is 1.21 bits per heavy atom. The number of aryl methyl sites for hydroxylation is 1. The minimum absolute atomic E-state index is 0.251. The summed E-state index contributed by atoms with van der Waals surface area (Å²) in [5.74, 6) is 0.201. The van der Waals surface area contributed by atoms with Crippen molar-refractivity contribution in [1.82, 2.24) is 15.1 Å². The SMILES string of the molecule is Cc1[nH]nc2ccc(-c3cc(F)ccc3OCCN(C)C(=O)OC(C)(C)C)cc12. The van der Waals surface area contributed by atoms with Gasteiger partial charge in [0, 0.05) is 23.7 Å². The molecule has 0 spiro atoms. The molecule has 0 fully saturated rings. The molecule has 0 unspecified atom stereocenters. The fourth-order valence-corrected chi connectivity index (χ4v) is 2.88. The first-order valence-corrected chi connectivity index (χ1v) is 9.45. The number of hydrogen-bond donors (Lipinski definition) is 1. The zero-order valence-corrected chi connectivity index (χ0v) is 17.4. The number of fused-ring (bicyclic) bond motifs is 1. The first kappa shape index (κ1) is 20.6. The summed E-state index contributed by atoms with van der Waals surface area (Å²) in [6.45, 7) is 7.98. The lowest BCUT2D eigenvalue weighted by Crippen LogP contribution is -2.36. The predicted molar refractivity (Wildman–Crippen MR) is 111 cm³/mol. The van der Waals surface area contributed by atoms with Crippen molar-refractivity contribution in [3.63, 3.8) is 0 Å². The van der Waals surface area contributed by atoms with Crippen LogP contribution < -0.4 is 4.74 Å². The molecule has 1 aromatic heterocycles. The molecular formula is C22H26FN3O3. The van der Waals surface area contributed by atoms with E-state index < -0.39 is 11.7 Å². The third-order valence-electron chi connectivity index (χ3n) is 4.39. The van der Waals surface area contributed by atoms with Crippen molar-refractivity contribution >= 4 is 17.0 Å². The highest BCUT2D eigenvalue weighted by atomic mass is 19.1. The monoisotopic (exact) mass is 399 g/mol. The Kier molecular flexibility index (Phi) is 5.77. The van der Waals surface area contributed by atoms with Crippen LogP contribution in [0, 0.1) is 12.7 Å². The second kappa shape index (κ2) is 8.11. The molecule has 1 amide bonds. The lowest BCUT2D eigenvalue weighted by molar-refractivity contribution is 0.0278. The first-order chi connectivity index (χ1) is 13.6. The number of ether oxygens (including phenoxy) is 2. The molecule has 6 nitrogen and oxygen atoms in total. The predicted octanol–water partition coefficient (Wildman–Crippen LogP) is 4.92. The van der Waals surface area contributed by atoms with E-state index in [9.17, 15) is 9.18 Å². The molecule has 0 saturated heterocycles. The van der Waals surface area contributed by atoms with Crippen LogP contribution in [-0.4, -0.2) is 47.0 Å². The third kappa shape index (κ3) is 5.04. The van der Waals surface area contributed by atoms with Gasteiger partial charge >= 0.3 is 6.09 Å². The lowest BCUT2D eigenvalue weighted by atomic mass is 10.0. The molecule has 7 heteroatoms. The van der Waals surface area contributed by atoms with Gasteiger partial charge in [0.05, 0.1) is 12.1 Å². The van der Waals surface area contributed by atoms with E-state index in [-0.39, 0.29) is 12.4 Å². The second-order valence-corrected chi connectivity index (χ2v) is 7.97. The molecule has 3 aromatic rings. The van der Waals surface area contributed by atoms with Gasteiger partial charge in [0.25, 0.3) is 0 Å². The minimum atomic E-state index is -0.555. The van der Waals surface area contributed by atoms with E-state index in [1.165, 1.54) is 17.0 Å². The van der Waals surface area contributed by atoms with E-state index in [0.29, 0.717) is 17.9 Å². The van der Waals surface area contributed by atoms with Gasteiger partial charge in [0.15, 0.2) is 0 Å². The number of H-pyrrole nitrogens is 1. The van der Waals surface area contributed by atoms with Gasteiger partial charge in [-0.15, -0.1) is 0 Å². The maximum Gasteiger partial charge on any atom is 0.410 e. The Bertz CT molecular complexity index is 1020. The molecule has 29 heavy (non-hydrogen) atoms. The number of halogens is 1. The Balaban J connectivity index is 1.75. The minimum Gasteiger partial charge on any atom is -0.491 e. The second-order valence-electron chi connectivity index (χ2n) is 7.97. The molecule has 154 valence electrons. The van der Waals surface area contributed by atoms with Crippen LogP contribution >= 0.6 is 0 Å². The molecular weight excluding hydrogens is 373 g/mol. The quantitative estimate of drug-likeness (QED) is 0.661. The fourth-order valence-electron chi connectivity index (χ4n) is 2.88. The number of hydrogen-bond acceptors (Lipinski definition) is 4. The number of aromatic nitrogens is 2. The molecule has 0 saturated carbocycles. The summed E-state index contributed by atoms with van der Waals surface area (Å²) >= 11 is 0. The molecule has 0 radical (unpaired) electrons. The Hall–Kier alpha value is -3.09. The van der Waals surface area contributed by atoms with Gasteiger partial charge in [-0.2, -0.15) is 5.10 Å². The molecule has 1 N–H and O–H groups in total. The number of nitrogens with zero attached hydrogens (tertiary/aromatic N) is 2. The van der Waals surface area contributed by atoms with Crippen molar-refractivity contribution in [1.29, 1.82) is 0 Å². The van der Waals surface area contributed by atoms with Gasteiger partial charge in [-0.05, 0) is 63.6 Å². The summed E-state index contributed by atoms with van der Waals surface area (Å²) in [4.78, 5) is 13.5. The molecule has 0 aliphatic rings. The molecule has 0 atom stereocenters. The standard InChI is InChI=1S/C22H26FN3O3/c1-14-17-12-15(6-8-19(17)25-24-14)18-13-16(23)7-9-20(18)28-11-10-26(5)21(27)29-22(2,3)4/h6-9,12-13H,10-11H2,1-5H3,(H,24,25). The number of aromatic amines is 1. The van der Waals surface area contributed by atoms with Crippen LogP contribution in [-0.2, 0) is 4.74 Å². The molecule has 0 aliphatic heterocycles. The Morgan fingerprint density at radius 2 is 1.97 bits per heavy atom. The largest absolute Gasteiger partial charge is 0.491 e. The molecule has 3 rings (SSSR count). The number of benzene rings is 2. The van der Waals surface area contributed by atoms with Crippen LogP contribution in [0.2, 0.25) is 0 Å². The van der Waals surface area contributed by atoms with Crippen molar-refractivity contribution in [2.75, 3.05) is 20.2 Å². The number of amides is 1. The summed E-state index contributed by atoms with van der Waals surface area (Å²) in [7, 11) is 1.65. The summed E-state index contributed by atoms with van der Waals surface area (Å²) in [6.07, 6.45) is -0.415. The lowest BCUT2D eigenvalue weighted by Gasteiger charge is -2.24. The highest BCUT2D eigenvalue weighted by Gasteiger charge is 2.19. The summed E-state index contributed by atoms with van der Waals surface area (Å²) in [5.41, 5.74) is 2.72. The van der Waals surface area contributed by atoms with E-state index in [0.717, 1.165) is 22.2 Å². The van der Waals surface area contributed by atoms with Gasteiger partial charge < -0.3 is 14.4 Å². The number of likely N-dealkylation sites (N-methyl/N-ethyl adjacent to an activating group) is 1. The Labute approximate surface area is 169 Å². The highest BCUT2D eigenvalue weighted by molar-refractivity contribution is 5.87. The molecule has 0 bridgehead atoms. The van der Waals surface area contributed by atoms with Gasteiger partial charge in [0.1, 0.15) is 23.8 Å². The van der Waals surface area contributed by atoms with E-state index in [1.807, 2.05) is 45.9 Å². The van der Waals surface area contributed by atoms with Crippen molar-refractivity contribution in [3.05, 3.63) is 47.9 Å². The van der Waals surface area contributed by atoms with Crippen molar-refractivity contribution < 1.29 is 18.7 Å². The van der Waals surface area contributed by atoms with Gasteiger partial charge in [-0.3, -0.25) is 5.10 Å². The first-order valence-electron chi connectivity index (χ1n) is 9.45. The smallest absolute Gasteiger partial charge is 0.410 e. The van der Waals surface area contributed by atoms with Gasteiger partial charge in [-0.25, -0.2) is 9.18 Å². The fraction of sp³-hybridized carbons (Fsp3) is 0.364. The van der Waals surface area contributed by atoms with Crippen LogP contribution in [0.1, 0.15) is 26.5 Å². The normalized spacial score (nSPS) is 11.5. The topological polar surface area (TPSA) is 67.5 Å². The third-order valence-corrected chi connectivity index (χ3v) is 4.39. The zero-order chi connectivity index (χ0) is 21.2. The summed E-state index contributed by atoms with van der Waals surface area (Å²) in [5, 5.41) is 8.15. The van der Waals surface area contributed by atoms with Crippen LogP contribution in [0.5, 0.6) is 5.75 Å². The average molecular weight is 399 g/mol. The van der Waals surface area contributed by atoms with Crippen molar-refractivity contribution in [2.24, 2.45) is 0 Å². The van der Waals surface area contributed by atoms with E-state index in [2.05, 4.69) is 10.2 Å². The highest BCUT2D eigenvalue weighted by Crippen LogP contribution is 2.33. The molecule has 1 heterocycles. The summed E-state index contributed by atoms with van der Waals surface area (Å²) in [6, 6.07) is 10.1. The van der Waals surface area contributed by atoms with Crippen molar-refractivity contribution in [3.8, 4) is 16.9 Å².